The number of rotatable bonds is 8. The number of benzene rings is 2. The number of hydrogen-bond acceptors (Lipinski definition) is 5. The van der Waals surface area contributed by atoms with E-state index in [1.54, 1.807) is 0 Å². The van der Waals surface area contributed by atoms with Crippen LogP contribution in [0.3, 0.4) is 0 Å². The first kappa shape index (κ1) is 22.4. The second kappa shape index (κ2) is 10.7. The molecule has 0 spiro atoms. The highest BCUT2D eigenvalue weighted by Crippen LogP contribution is 2.26. The lowest BCUT2D eigenvalue weighted by Crippen LogP contribution is -2.49. The van der Waals surface area contributed by atoms with Gasteiger partial charge in [0.2, 0.25) is 11.0 Å². The molecule has 0 radical (unpaired) electrons. The highest BCUT2D eigenvalue weighted by molar-refractivity contribution is 7.18. The van der Waals surface area contributed by atoms with Crippen molar-refractivity contribution in [2.75, 3.05) is 10.6 Å². The van der Waals surface area contributed by atoms with Gasteiger partial charge in [0.05, 0.1) is 0 Å². The predicted octanol–water partition coefficient (Wildman–Crippen LogP) is 4.94. The van der Waals surface area contributed by atoms with Gasteiger partial charge < -0.3 is 10.6 Å². The van der Waals surface area contributed by atoms with Gasteiger partial charge in [-0.15, -0.1) is 10.2 Å². The Kier molecular flexibility index (Phi) is 7.72. The fraction of sp³-hybridized carbons (Fsp3) is 0.304. The number of hydrogen-bond donors (Lipinski definition) is 3. The van der Waals surface area contributed by atoms with Crippen LogP contribution in [0, 0.1) is 5.92 Å². The Morgan fingerprint density at radius 3 is 2.32 bits per heavy atom. The second-order valence-corrected chi connectivity index (χ2v) is 8.26. The number of anilines is 2. The lowest BCUT2D eigenvalue weighted by Gasteiger charge is -2.23. The summed E-state index contributed by atoms with van der Waals surface area (Å²) in [5.41, 5.74) is 2.80. The van der Waals surface area contributed by atoms with Gasteiger partial charge >= 0.3 is 6.03 Å². The Hall–Kier alpha value is -3.26. The number of carbonyl (C=O) groups excluding carboxylic acids is 2. The van der Waals surface area contributed by atoms with Crippen molar-refractivity contribution in [3.05, 3.63) is 60.2 Å². The number of aryl methyl sites for hydroxylation is 1. The maximum absolute atomic E-state index is 12.9. The van der Waals surface area contributed by atoms with Crippen molar-refractivity contribution in [1.82, 2.24) is 15.5 Å². The van der Waals surface area contributed by atoms with Gasteiger partial charge in [0.1, 0.15) is 11.0 Å². The van der Waals surface area contributed by atoms with Crippen LogP contribution < -0.4 is 16.0 Å². The van der Waals surface area contributed by atoms with E-state index >= 15 is 0 Å². The third-order valence-corrected chi connectivity index (χ3v) is 5.97. The summed E-state index contributed by atoms with van der Waals surface area (Å²) in [7, 11) is 0. The molecule has 3 N–H and O–H groups in total. The van der Waals surface area contributed by atoms with Crippen molar-refractivity contribution in [3.8, 4) is 10.6 Å². The molecule has 2 aromatic carbocycles. The standard InChI is InChI=1S/C23H27N5O2S/c1-4-15(3)19(25-22(30)24-18-13-11-16(5-2)12-14-18)20(29)26-23-28-27-21(31-23)17-9-7-6-8-10-17/h6-15,19H,4-5H2,1-3H3,(H2,24,25,30)(H,26,28,29)/t15-,19-/m0/s1. The van der Waals surface area contributed by atoms with Gasteiger partial charge in [0, 0.05) is 11.3 Å². The molecule has 0 aliphatic carbocycles. The molecular formula is C23H27N5O2S. The fourth-order valence-electron chi connectivity index (χ4n) is 2.99. The van der Waals surface area contributed by atoms with Crippen LogP contribution in [0.1, 0.15) is 32.8 Å². The first-order valence-corrected chi connectivity index (χ1v) is 11.2. The topological polar surface area (TPSA) is 96.0 Å². The smallest absolute Gasteiger partial charge is 0.319 e. The van der Waals surface area contributed by atoms with E-state index in [0.29, 0.717) is 10.8 Å². The summed E-state index contributed by atoms with van der Waals surface area (Å²) in [6.45, 7) is 5.98. The molecule has 3 rings (SSSR count). The Labute approximate surface area is 186 Å². The van der Waals surface area contributed by atoms with Crippen molar-refractivity contribution >= 4 is 34.1 Å². The molecule has 0 saturated heterocycles. The average Bonchev–Trinajstić information content (AvgIpc) is 3.26. The van der Waals surface area contributed by atoms with Crippen LogP contribution in [0.25, 0.3) is 10.6 Å². The summed E-state index contributed by atoms with van der Waals surface area (Å²) in [6, 6.07) is 16.2. The largest absolute Gasteiger partial charge is 0.326 e. The first-order valence-electron chi connectivity index (χ1n) is 10.4. The summed E-state index contributed by atoms with van der Waals surface area (Å²) in [4.78, 5) is 25.4. The average molecular weight is 438 g/mol. The van der Waals surface area contributed by atoms with Crippen LogP contribution in [0.2, 0.25) is 0 Å². The van der Waals surface area contributed by atoms with E-state index in [1.165, 1.54) is 16.9 Å². The molecule has 1 heterocycles. The number of nitrogens with one attached hydrogen (secondary N) is 3. The highest BCUT2D eigenvalue weighted by Gasteiger charge is 2.27. The molecule has 0 saturated carbocycles. The normalized spacial score (nSPS) is 12.6. The van der Waals surface area contributed by atoms with Gasteiger partial charge in [0.25, 0.3) is 0 Å². The van der Waals surface area contributed by atoms with E-state index in [2.05, 4.69) is 33.1 Å². The SMILES string of the molecule is CCc1ccc(NC(=O)N[C@H](C(=O)Nc2nnc(-c3ccccc3)s2)[C@@H](C)CC)cc1. The van der Waals surface area contributed by atoms with Crippen molar-refractivity contribution in [2.45, 2.75) is 39.7 Å². The Morgan fingerprint density at radius 1 is 0.968 bits per heavy atom. The molecule has 0 aliphatic heterocycles. The van der Waals surface area contributed by atoms with Crippen LogP contribution in [-0.2, 0) is 11.2 Å². The third kappa shape index (κ3) is 6.11. The fourth-order valence-corrected chi connectivity index (χ4v) is 3.74. The lowest BCUT2D eigenvalue weighted by atomic mass is 9.98. The molecular weight excluding hydrogens is 410 g/mol. The molecule has 0 aliphatic rings. The van der Waals surface area contributed by atoms with Gasteiger partial charge in [0.15, 0.2) is 0 Å². The summed E-state index contributed by atoms with van der Waals surface area (Å²) >= 11 is 1.29. The Balaban J connectivity index is 1.65. The maximum Gasteiger partial charge on any atom is 0.319 e. The van der Waals surface area contributed by atoms with Gasteiger partial charge in [-0.25, -0.2) is 4.79 Å². The van der Waals surface area contributed by atoms with E-state index in [9.17, 15) is 9.59 Å². The molecule has 8 heteroatoms. The molecule has 3 aromatic rings. The van der Waals surface area contributed by atoms with Gasteiger partial charge in [-0.1, -0.05) is 81.0 Å². The van der Waals surface area contributed by atoms with Crippen LogP contribution in [0.15, 0.2) is 54.6 Å². The van der Waals surface area contributed by atoms with E-state index < -0.39 is 12.1 Å². The molecule has 0 unspecified atom stereocenters. The van der Waals surface area contributed by atoms with Gasteiger partial charge in [-0.05, 0) is 30.0 Å². The minimum atomic E-state index is -0.705. The second-order valence-electron chi connectivity index (χ2n) is 7.28. The van der Waals surface area contributed by atoms with Gasteiger partial charge in [-0.2, -0.15) is 0 Å². The maximum atomic E-state index is 12.9. The minimum absolute atomic E-state index is 0.0604. The number of urea groups is 1. The summed E-state index contributed by atoms with van der Waals surface area (Å²) in [5.74, 6) is -0.378. The van der Waals surface area contributed by atoms with Crippen molar-refractivity contribution in [2.24, 2.45) is 5.92 Å². The van der Waals surface area contributed by atoms with E-state index in [1.807, 2.05) is 68.4 Å². The third-order valence-electron chi connectivity index (χ3n) is 5.08. The summed E-state index contributed by atoms with van der Waals surface area (Å²) in [5, 5.41) is 17.7. The lowest BCUT2D eigenvalue weighted by molar-refractivity contribution is -0.119. The van der Waals surface area contributed by atoms with E-state index in [0.717, 1.165) is 23.4 Å². The van der Waals surface area contributed by atoms with Crippen LogP contribution in [0.4, 0.5) is 15.6 Å². The van der Waals surface area contributed by atoms with Crippen LogP contribution >= 0.6 is 11.3 Å². The zero-order valence-electron chi connectivity index (χ0n) is 17.9. The van der Waals surface area contributed by atoms with E-state index in [4.69, 9.17) is 0 Å². The molecule has 2 atom stereocenters. The van der Waals surface area contributed by atoms with Crippen LogP contribution in [0.5, 0.6) is 0 Å². The van der Waals surface area contributed by atoms with Crippen molar-refractivity contribution in [1.29, 1.82) is 0 Å². The van der Waals surface area contributed by atoms with E-state index in [-0.39, 0.29) is 11.8 Å². The van der Waals surface area contributed by atoms with Crippen molar-refractivity contribution < 1.29 is 9.59 Å². The molecule has 0 bridgehead atoms. The van der Waals surface area contributed by atoms with Crippen LogP contribution in [-0.4, -0.2) is 28.2 Å². The Morgan fingerprint density at radius 2 is 1.68 bits per heavy atom. The molecule has 0 fully saturated rings. The molecule has 31 heavy (non-hydrogen) atoms. The number of aromatic nitrogens is 2. The van der Waals surface area contributed by atoms with Gasteiger partial charge in [-0.3, -0.25) is 10.1 Å². The van der Waals surface area contributed by atoms with Crippen molar-refractivity contribution in [3.63, 3.8) is 0 Å². The molecule has 162 valence electrons. The zero-order valence-corrected chi connectivity index (χ0v) is 18.7. The molecule has 3 amide bonds. The minimum Gasteiger partial charge on any atom is -0.326 e. The number of amides is 3. The summed E-state index contributed by atoms with van der Waals surface area (Å²) in [6.07, 6.45) is 1.66. The monoisotopic (exact) mass is 437 g/mol. The quantitative estimate of drug-likeness (QED) is 0.465. The molecule has 1 aromatic heterocycles. The highest BCUT2D eigenvalue weighted by atomic mass is 32.1. The number of carbonyl (C=O) groups is 2. The first-order chi connectivity index (χ1) is 15.0. The predicted molar refractivity (Wildman–Crippen MR) is 125 cm³/mol. The number of nitrogens with zero attached hydrogens (tertiary/aromatic N) is 2. The molecule has 7 nitrogen and oxygen atoms in total. The zero-order chi connectivity index (χ0) is 22.2. The summed E-state index contributed by atoms with van der Waals surface area (Å²) < 4.78 is 0. The Bertz CT molecular complexity index is 1000.